The predicted molar refractivity (Wildman–Crippen MR) is 93.7 cm³/mol. The van der Waals surface area contributed by atoms with Crippen molar-refractivity contribution in [2.75, 3.05) is 13.2 Å². The maximum atomic E-state index is 12.4. The quantitative estimate of drug-likeness (QED) is 0.368. The molecule has 4 heteroatoms. The van der Waals surface area contributed by atoms with Crippen LogP contribution in [0.25, 0.3) is 0 Å². The Balaban J connectivity index is 2.96. The SMILES string of the molecule is C#CCC(C(=O)OCCCC)c1ccccc1C(=O)OCCCC. The minimum atomic E-state index is -0.651. The normalized spacial score (nSPS) is 11.4. The maximum Gasteiger partial charge on any atom is 0.338 e. The molecule has 0 radical (unpaired) electrons. The van der Waals surface area contributed by atoms with Gasteiger partial charge in [0.15, 0.2) is 0 Å². The second kappa shape index (κ2) is 11.3. The van der Waals surface area contributed by atoms with E-state index < -0.39 is 17.9 Å². The molecule has 0 aromatic heterocycles. The first-order chi connectivity index (χ1) is 11.7. The minimum absolute atomic E-state index is 0.185. The number of ether oxygens (including phenoxy) is 2. The molecule has 0 spiro atoms. The third-order valence-corrected chi connectivity index (χ3v) is 3.64. The third kappa shape index (κ3) is 6.08. The lowest BCUT2D eigenvalue weighted by atomic mass is 9.91. The zero-order valence-electron chi connectivity index (χ0n) is 14.5. The van der Waals surface area contributed by atoms with Crippen LogP contribution in [0.5, 0.6) is 0 Å². The molecule has 0 bridgehead atoms. The van der Waals surface area contributed by atoms with Gasteiger partial charge < -0.3 is 9.47 Å². The second-order valence-electron chi connectivity index (χ2n) is 5.56. The number of esters is 2. The fourth-order valence-electron chi connectivity index (χ4n) is 2.23. The summed E-state index contributed by atoms with van der Waals surface area (Å²) in [5.74, 6) is 1.03. The molecule has 0 saturated heterocycles. The lowest BCUT2D eigenvalue weighted by Gasteiger charge is -2.17. The lowest BCUT2D eigenvalue weighted by molar-refractivity contribution is -0.145. The molecule has 0 aliphatic rings. The van der Waals surface area contributed by atoms with E-state index in [4.69, 9.17) is 15.9 Å². The molecule has 24 heavy (non-hydrogen) atoms. The molecule has 0 saturated carbocycles. The topological polar surface area (TPSA) is 52.6 Å². The van der Waals surface area contributed by atoms with Crippen LogP contribution in [-0.4, -0.2) is 25.2 Å². The largest absolute Gasteiger partial charge is 0.465 e. The highest BCUT2D eigenvalue weighted by molar-refractivity contribution is 5.93. The Morgan fingerprint density at radius 1 is 1.08 bits per heavy atom. The number of hydrogen-bond acceptors (Lipinski definition) is 4. The Hall–Kier alpha value is -2.28. The van der Waals surface area contributed by atoms with Crippen molar-refractivity contribution in [2.24, 2.45) is 0 Å². The van der Waals surface area contributed by atoms with Crippen LogP contribution < -0.4 is 0 Å². The standard InChI is InChI=1S/C20H26O4/c1-4-7-14-23-19(21)17(11-6-3)16-12-9-10-13-18(16)20(22)24-15-8-5-2/h3,9-10,12-13,17H,4-5,7-8,11,14-15H2,1-2H3. The van der Waals surface area contributed by atoms with E-state index >= 15 is 0 Å². The first kappa shape index (κ1) is 19.8. The van der Waals surface area contributed by atoms with Gasteiger partial charge in [-0.1, -0.05) is 44.9 Å². The van der Waals surface area contributed by atoms with Crippen LogP contribution in [0.4, 0.5) is 0 Å². The van der Waals surface area contributed by atoms with Gasteiger partial charge in [-0.2, -0.15) is 0 Å². The number of terminal acetylenes is 1. The fourth-order valence-corrected chi connectivity index (χ4v) is 2.23. The molecular weight excluding hydrogens is 304 g/mol. The molecule has 130 valence electrons. The van der Waals surface area contributed by atoms with E-state index in [0.717, 1.165) is 25.7 Å². The summed E-state index contributed by atoms with van der Waals surface area (Å²) in [7, 11) is 0. The summed E-state index contributed by atoms with van der Waals surface area (Å²) in [6.45, 7) is 4.77. The molecule has 0 aliphatic carbocycles. The van der Waals surface area contributed by atoms with E-state index in [2.05, 4.69) is 5.92 Å². The smallest absolute Gasteiger partial charge is 0.338 e. The predicted octanol–water partition coefficient (Wildman–Crippen LogP) is 4.09. The summed E-state index contributed by atoms with van der Waals surface area (Å²) in [6, 6.07) is 6.92. The highest BCUT2D eigenvalue weighted by atomic mass is 16.5. The first-order valence-corrected chi connectivity index (χ1v) is 8.51. The van der Waals surface area contributed by atoms with Crippen molar-refractivity contribution in [1.82, 2.24) is 0 Å². The molecule has 0 amide bonds. The van der Waals surface area contributed by atoms with Crippen molar-refractivity contribution in [3.8, 4) is 12.3 Å². The number of carbonyl (C=O) groups is 2. The fraction of sp³-hybridized carbons (Fsp3) is 0.500. The Labute approximate surface area is 144 Å². The summed E-state index contributed by atoms with van der Waals surface area (Å²) in [4.78, 5) is 24.7. The van der Waals surface area contributed by atoms with E-state index in [1.165, 1.54) is 0 Å². The van der Waals surface area contributed by atoms with Gasteiger partial charge in [0, 0.05) is 6.42 Å². The van der Waals surface area contributed by atoms with Crippen molar-refractivity contribution in [3.63, 3.8) is 0 Å². The van der Waals surface area contributed by atoms with Crippen LogP contribution in [0.15, 0.2) is 24.3 Å². The molecule has 1 rings (SSSR count). The molecule has 0 aliphatic heterocycles. The monoisotopic (exact) mass is 330 g/mol. The molecular formula is C20H26O4. The van der Waals surface area contributed by atoms with Crippen molar-refractivity contribution in [2.45, 2.75) is 51.9 Å². The summed E-state index contributed by atoms with van der Waals surface area (Å²) in [5, 5.41) is 0. The van der Waals surface area contributed by atoms with E-state index in [1.807, 2.05) is 13.8 Å². The van der Waals surface area contributed by atoms with Gasteiger partial charge >= 0.3 is 11.9 Å². The summed E-state index contributed by atoms with van der Waals surface area (Å²) in [5.41, 5.74) is 0.944. The van der Waals surface area contributed by atoms with Gasteiger partial charge in [-0.3, -0.25) is 4.79 Å². The molecule has 4 nitrogen and oxygen atoms in total. The summed E-state index contributed by atoms with van der Waals surface area (Å²) in [6.07, 6.45) is 9.08. The van der Waals surface area contributed by atoms with E-state index in [0.29, 0.717) is 24.3 Å². The molecule has 1 aromatic rings. The van der Waals surface area contributed by atoms with Gasteiger partial charge in [0.25, 0.3) is 0 Å². The number of hydrogen-bond donors (Lipinski definition) is 0. The van der Waals surface area contributed by atoms with Crippen LogP contribution in [0.3, 0.4) is 0 Å². The van der Waals surface area contributed by atoms with Crippen molar-refractivity contribution < 1.29 is 19.1 Å². The number of rotatable bonds is 10. The number of benzene rings is 1. The number of carbonyl (C=O) groups excluding carboxylic acids is 2. The Kier molecular flexibility index (Phi) is 9.29. The van der Waals surface area contributed by atoms with Crippen molar-refractivity contribution in [3.05, 3.63) is 35.4 Å². The average Bonchev–Trinajstić information content (AvgIpc) is 2.60. The Morgan fingerprint density at radius 3 is 2.33 bits per heavy atom. The van der Waals surface area contributed by atoms with E-state index in [-0.39, 0.29) is 6.42 Å². The van der Waals surface area contributed by atoms with E-state index in [1.54, 1.807) is 24.3 Å². The minimum Gasteiger partial charge on any atom is -0.465 e. The Bertz CT molecular complexity index is 571. The van der Waals surface area contributed by atoms with Gasteiger partial charge in [-0.05, 0) is 24.5 Å². The van der Waals surface area contributed by atoms with Crippen molar-refractivity contribution >= 4 is 11.9 Å². The Morgan fingerprint density at radius 2 is 1.71 bits per heavy atom. The van der Waals surface area contributed by atoms with Gasteiger partial charge in [0.2, 0.25) is 0 Å². The van der Waals surface area contributed by atoms with Gasteiger partial charge in [0.1, 0.15) is 0 Å². The highest BCUT2D eigenvalue weighted by Gasteiger charge is 2.26. The molecule has 1 unspecified atom stereocenters. The number of unbranched alkanes of at least 4 members (excludes halogenated alkanes) is 2. The van der Waals surface area contributed by atoms with Crippen molar-refractivity contribution in [1.29, 1.82) is 0 Å². The molecule has 1 aromatic carbocycles. The van der Waals surface area contributed by atoms with Crippen LogP contribution in [0.2, 0.25) is 0 Å². The second-order valence-corrected chi connectivity index (χ2v) is 5.56. The van der Waals surface area contributed by atoms with Gasteiger partial charge in [-0.15, -0.1) is 12.3 Å². The zero-order valence-corrected chi connectivity index (χ0v) is 14.5. The lowest BCUT2D eigenvalue weighted by Crippen LogP contribution is -2.20. The zero-order chi connectivity index (χ0) is 17.8. The summed E-state index contributed by atoms with van der Waals surface area (Å²) >= 11 is 0. The molecule has 1 atom stereocenters. The third-order valence-electron chi connectivity index (χ3n) is 3.64. The van der Waals surface area contributed by atoms with Crippen LogP contribution in [0.1, 0.15) is 67.8 Å². The highest BCUT2D eigenvalue weighted by Crippen LogP contribution is 2.25. The molecule has 0 heterocycles. The van der Waals surface area contributed by atoms with Crippen LogP contribution in [-0.2, 0) is 14.3 Å². The maximum absolute atomic E-state index is 12.4. The first-order valence-electron chi connectivity index (χ1n) is 8.51. The average molecular weight is 330 g/mol. The summed E-state index contributed by atoms with van der Waals surface area (Å²) < 4.78 is 10.6. The van der Waals surface area contributed by atoms with Gasteiger partial charge in [-0.25, -0.2) is 4.79 Å². The molecule has 0 N–H and O–H groups in total. The van der Waals surface area contributed by atoms with E-state index in [9.17, 15) is 9.59 Å². The van der Waals surface area contributed by atoms with Crippen LogP contribution >= 0.6 is 0 Å². The molecule has 0 fully saturated rings. The van der Waals surface area contributed by atoms with Gasteiger partial charge in [0.05, 0.1) is 24.7 Å². The van der Waals surface area contributed by atoms with Crippen LogP contribution in [0, 0.1) is 12.3 Å².